The monoisotopic (exact) mass is 625 g/mol. The lowest BCUT2D eigenvalue weighted by Gasteiger charge is -2.26. The molecule has 46 heavy (non-hydrogen) atoms. The second kappa shape index (κ2) is 12.5. The predicted molar refractivity (Wildman–Crippen MR) is 182 cm³/mol. The molecule has 3 heterocycles. The highest BCUT2D eigenvalue weighted by Gasteiger charge is 2.35. The average molecular weight is 626 g/mol. The van der Waals surface area contributed by atoms with Gasteiger partial charge in [-0.2, -0.15) is 0 Å². The molecule has 1 aliphatic rings. The van der Waals surface area contributed by atoms with E-state index in [1.807, 2.05) is 91.0 Å². The highest BCUT2D eigenvalue weighted by Crippen LogP contribution is 2.36. The Kier molecular flexibility index (Phi) is 7.95. The summed E-state index contributed by atoms with van der Waals surface area (Å²) in [7, 11) is 1.59. The molecule has 0 saturated heterocycles. The van der Waals surface area contributed by atoms with Crippen LogP contribution in [0.15, 0.2) is 131 Å². The normalized spacial score (nSPS) is 14.7. The first kappa shape index (κ1) is 29.3. The van der Waals surface area contributed by atoms with Crippen LogP contribution in [0.5, 0.6) is 5.75 Å². The second-order valence-electron chi connectivity index (χ2n) is 10.9. The van der Waals surface area contributed by atoms with Crippen LogP contribution in [0.4, 0.5) is 0 Å². The van der Waals surface area contributed by atoms with Gasteiger partial charge in [0.25, 0.3) is 5.56 Å². The molecule has 0 N–H and O–H groups in total. The number of nitrogens with zero attached hydrogens (tertiary/aromatic N) is 3. The van der Waals surface area contributed by atoms with Gasteiger partial charge in [-0.25, -0.2) is 9.79 Å². The summed E-state index contributed by atoms with van der Waals surface area (Å²) in [4.78, 5) is 33.6. The molecule has 2 aromatic heterocycles. The molecule has 1 atom stereocenters. The summed E-state index contributed by atoms with van der Waals surface area (Å²) in [5, 5.41) is 1.05. The predicted octanol–water partition coefficient (Wildman–Crippen LogP) is 5.95. The summed E-state index contributed by atoms with van der Waals surface area (Å²) in [6.45, 7) is 2.66. The molecule has 4 aromatic carbocycles. The van der Waals surface area contributed by atoms with E-state index in [4.69, 9.17) is 14.5 Å². The number of rotatable bonds is 8. The number of esters is 1. The first-order valence-electron chi connectivity index (χ1n) is 15.1. The number of carbonyl (C=O) groups excluding carboxylic acids is 1. The number of methoxy groups -OCH3 is 1. The zero-order valence-electron chi connectivity index (χ0n) is 25.4. The molecule has 228 valence electrons. The molecule has 6 aromatic rings. The van der Waals surface area contributed by atoms with Gasteiger partial charge in [0.1, 0.15) is 5.75 Å². The van der Waals surface area contributed by atoms with E-state index in [0.29, 0.717) is 32.9 Å². The highest BCUT2D eigenvalue weighted by atomic mass is 32.1. The number of para-hydroxylation sites is 1. The molecule has 0 bridgehead atoms. The van der Waals surface area contributed by atoms with Crippen LogP contribution in [0.2, 0.25) is 0 Å². The number of carbonyl (C=O) groups is 1. The van der Waals surface area contributed by atoms with Crippen molar-refractivity contribution in [2.45, 2.75) is 19.5 Å². The maximum atomic E-state index is 14.4. The lowest BCUT2D eigenvalue weighted by Crippen LogP contribution is -2.40. The van der Waals surface area contributed by atoms with E-state index in [0.717, 1.165) is 27.6 Å². The minimum atomic E-state index is -0.776. The Morgan fingerprint density at radius 2 is 1.67 bits per heavy atom. The Labute approximate surface area is 269 Å². The van der Waals surface area contributed by atoms with Crippen molar-refractivity contribution in [2.24, 2.45) is 4.99 Å². The van der Waals surface area contributed by atoms with Crippen LogP contribution in [0.25, 0.3) is 22.7 Å². The van der Waals surface area contributed by atoms with Crippen LogP contribution < -0.4 is 19.6 Å². The fraction of sp³-hybridized carbons (Fsp3) is 0.132. The van der Waals surface area contributed by atoms with Gasteiger partial charge in [0, 0.05) is 34.8 Å². The van der Waals surface area contributed by atoms with Gasteiger partial charge in [0.2, 0.25) is 0 Å². The van der Waals surface area contributed by atoms with E-state index in [1.165, 1.54) is 16.9 Å². The van der Waals surface area contributed by atoms with Crippen molar-refractivity contribution >= 4 is 40.0 Å². The largest absolute Gasteiger partial charge is 0.497 e. The van der Waals surface area contributed by atoms with Crippen LogP contribution in [0.1, 0.15) is 35.2 Å². The van der Waals surface area contributed by atoms with E-state index in [9.17, 15) is 9.59 Å². The second-order valence-corrected chi connectivity index (χ2v) is 11.9. The van der Waals surface area contributed by atoms with Gasteiger partial charge in [0.05, 0.1) is 35.6 Å². The number of aromatic nitrogens is 2. The standard InChI is InChI=1S/C38H31N3O4S/c1-3-45-37(43)33-34(26-15-8-5-9-16-26)39-38-41(35(33)27-17-12-18-29(21-27)44-2)36(42)32(46-38)22-28-24-40(23-25-13-6-4-7-14-25)31-20-11-10-19-30(28)31/h4-22,24,35H,3,23H2,1-2H3/b32-22-/t35-/m1/s1. The zero-order chi connectivity index (χ0) is 31.6. The molecule has 7 rings (SSSR count). The molecule has 7 nitrogen and oxygen atoms in total. The Morgan fingerprint density at radius 3 is 2.43 bits per heavy atom. The fourth-order valence-corrected chi connectivity index (χ4v) is 7.00. The van der Waals surface area contributed by atoms with Crippen LogP contribution in [-0.2, 0) is 16.1 Å². The summed E-state index contributed by atoms with van der Waals surface area (Å²) >= 11 is 1.31. The highest BCUT2D eigenvalue weighted by molar-refractivity contribution is 7.07. The van der Waals surface area contributed by atoms with Crippen molar-refractivity contribution in [2.75, 3.05) is 13.7 Å². The summed E-state index contributed by atoms with van der Waals surface area (Å²) in [6.07, 6.45) is 4.03. The van der Waals surface area contributed by atoms with E-state index < -0.39 is 12.0 Å². The molecule has 0 spiro atoms. The van der Waals surface area contributed by atoms with Crippen molar-refractivity contribution in [1.29, 1.82) is 0 Å². The minimum absolute atomic E-state index is 0.187. The molecule has 0 saturated carbocycles. The third kappa shape index (κ3) is 5.37. The van der Waals surface area contributed by atoms with E-state index in [2.05, 4.69) is 35.0 Å². The summed E-state index contributed by atoms with van der Waals surface area (Å²) in [5.74, 6) is 0.100. The number of benzene rings is 4. The summed E-state index contributed by atoms with van der Waals surface area (Å²) in [5.41, 5.74) is 5.24. The molecule has 0 amide bonds. The van der Waals surface area contributed by atoms with Crippen LogP contribution >= 0.6 is 11.3 Å². The maximum absolute atomic E-state index is 14.4. The van der Waals surface area contributed by atoms with Gasteiger partial charge in [-0.05, 0) is 42.3 Å². The van der Waals surface area contributed by atoms with Crippen LogP contribution in [0, 0.1) is 0 Å². The first-order valence-corrected chi connectivity index (χ1v) is 15.9. The first-order chi connectivity index (χ1) is 22.6. The van der Waals surface area contributed by atoms with Crippen molar-refractivity contribution < 1.29 is 14.3 Å². The number of hydrogen-bond donors (Lipinski definition) is 0. The lowest BCUT2D eigenvalue weighted by atomic mass is 9.93. The van der Waals surface area contributed by atoms with Gasteiger partial charge in [0.15, 0.2) is 4.80 Å². The number of fused-ring (bicyclic) bond motifs is 2. The Hall–Kier alpha value is -5.47. The third-order valence-corrected chi connectivity index (χ3v) is 9.07. The molecule has 0 aliphatic carbocycles. The van der Waals surface area contributed by atoms with Gasteiger partial charge >= 0.3 is 5.97 Å². The summed E-state index contributed by atoms with van der Waals surface area (Å²) < 4.78 is 15.5. The van der Waals surface area contributed by atoms with Crippen LogP contribution in [-0.4, -0.2) is 28.8 Å². The van der Waals surface area contributed by atoms with Crippen molar-refractivity contribution in [1.82, 2.24) is 9.13 Å². The third-order valence-electron chi connectivity index (χ3n) is 8.08. The molecular weight excluding hydrogens is 595 g/mol. The average Bonchev–Trinajstić information content (AvgIpc) is 3.60. The number of thiazole rings is 1. The Balaban J connectivity index is 1.46. The zero-order valence-corrected chi connectivity index (χ0v) is 26.2. The Bertz CT molecular complexity index is 2280. The topological polar surface area (TPSA) is 74.8 Å². The smallest absolute Gasteiger partial charge is 0.338 e. The molecular formula is C38H31N3O4S. The fourth-order valence-electron chi connectivity index (χ4n) is 6.01. The van der Waals surface area contributed by atoms with Crippen molar-refractivity contribution in [3.05, 3.63) is 163 Å². The van der Waals surface area contributed by atoms with Crippen LogP contribution in [0.3, 0.4) is 0 Å². The molecule has 0 radical (unpaired) electrons. The van der Waals surface area contributed by atoms with Crippen molar-refractivity contribution in [3.63, 3.8) is 0 Å². The van der Waals surface area contributed by atoms with E-state index in [-0.39, 0.29) is 12.2 Å². The molecule has 0 unspecified atom stereocenters. The molecule has 8 heteroatoms. The minimum Gasteiger partial charge on any atom is -0.497 e. The molecule has 0 fully saturated rings. The lowest BCUT2D eigenvalue weighted by molar-refractivity contribution is -0.138. The van der Waals surface area contributed by atoms with Gasteiger partial charge < -0.3 is 14.0 Å². The van der Waals surface area contributed by atoms with E-state index >= 15 is 0 Å². The number of hydrogen-bond acceptors (Lipinski definition) is 6. The van der Waals surface area contributed by atoms with Gasteiger partial charge in [-0.1, -0.05) is 102 Å². The van der Waals surface area contributed by atoms with E-state index in [1.54, 1.807) is 18.6 Å². The summed E-state index contributed by atoms with van der Waals surface area (Å²) in [6, 6.07) is 34.7. The SMILES string of the molecule is CCOC(=O)C1=C(c2ccccc2)N=c2s/c(=C\c3cn(Cc4ccccc4)c4ccccc34)c(=O)n2[C@@H]1c1cccc(OC)c1. The molecule has 1 aliphatic heterocycles. The maximum Gasteiger partial charge on any atom is 0.338 e. The van der Waals surface area contributed by atoms with Crippen molar-refractivity contribution in [3.8, 4) is 5.75 Å². The quantitative estimate of drug-likeness (QED) is 0.196. The number of ether oxygens (including phenoxy) is 2. The Morgan fingerprint density at radius 1 is 0.935 bits per heavy atom. The van der Waals surface area contributed by atoms with Gasteiger partial charge in [-0.3, -0.25) is 9.36 Å². The van der Waals surface area contributed by atoms with Gasteiger partial charge in [-0.15, -0.1) is 0 Å².